The lowest BCUT2D eigenvalue weighted by Crippen LogP contribution is -2.05. The number of benzene rings is 8. The molecule has 0 atom stereocenters. The zero-order valence-corrected chi connectivity index (χ0v) is 30.2. The molecule has 0 amide bonds. The third-order valence-corrected chi connectivity index (χ3v) is 11.4. The fourth-order valence-electron chi connectivity index (χ4n) is 8.82. The van der Waals surface area contributed by atoms with Crippen molar-refractivity contribution >= 4 is 71.5 Å². The first-order valence-electron chi connectivity index (χ1n) is 19.1. The predicted octanol–water partition coefficient (Wildman–Crippen LogP) is 13.6. The van der Waals surface area contributed by atoms with E-state index in [1.165, 1.54) is 27.3 Å². The maximum Gasteiger partial charge on any atom is 0.164 e. The molecule has 8 aromatic carbocycles. The van der Waals surface area contributed by atoms with Gasteiger partial charge in [-0.15, -0.1) is 0 Å². The minimum absolute atomic E-state index is 0.586. The summed E-state index contributed by atoms with van der Waals surface area (Å²) in [4.78, 5) is 15.9. The van der Waals surface area contributed by atoms with Gasteiger partial charge in [-0.2, -0.15) is 0 Å². The summed E-state index contributed by atoms with van der Waals surface area (Å²) in [5, 5.41) is 8.92. The van der Waals surface area contributed by atoms with Crippen molar-refractivity contribution in [3.05, 3.63) is 169 Å². The van der Waals surface area contributed by atoms with Gasteiger partial charge in [-0.25, -0.2) is 15.0 Å². The molecule has 5 heteroatoms. The lowest BCUT2D eigenvalue weighted by Gasteiger charge is -2.19. The molecule has 0 saturated carbocycles. The Morgan fingerprint density at radius 1 is 0.429 bits per heavy atom. The molecule has 1 aliphatic rings. The number of aromatic nitrogens is 3. The van der Waals surface area contributed by atoms with Gasteiger partial charge in [-0.1, -0.05) is 133 Å². The number of nitrogens with zero attached hydrogens (tertiary/aromatic N) is 3. The van der Waals surface area contributed by atoms with Crippen molar-refractivity contribution in [2.45, 2.75) is 12.8 Å². The highest BCUT2D eigenvalue weighted by atomic mass is 16.3. The maximum absolute atomic E-state index is 6.73. The normalized spacial score (nSPS) is 12.8. The van der Waals surface area contributed by atoms with E-state index in [2.05, 4.69) is 133 Å². The van der Waals surface area contributed by atoms with E-state index in [0.717, 1.165) is 89.9 Å². The predicted molar refractivity (Wildman–Crippen MR) is 228 cm³/mol. The number of rotatable bonds is 4. The molecule has 1 aliphatic carbocycles. The van der Waals surface area contributed by atoms with Crippen LogP contribution in [0.5, 0.6) is 0 Å². The molecule has 0 saturated heterocycles. The molecule has 0 unspecified atom stereocenters. The van der Waals surface area contributed by atoms with E-state index < -0.39 is 0 Å². The van der Waals surface area contributed by atoms with E-state index in [1.54, 1.807) is 0 Å². The zero-order valence-electron chi connectivity index (χ0n) is 30.2. The lowest BCUT2D eigenvalue weighted by molar-refractivity contribution is 0.668. The molecule has 0 fully saturated rings. The van der Waals surface area contributed by atoms with Crippen LogP contribution in [0.2, 0.25) is 0 Å². The van der Waals surface area contributed by atoms with Gasteiger partial charge in [-0.3, -0.25) is 0 Å². The van der Waals surface area contributed by atoms with Gasteiger partial charge in [-0.05, 0) is 81.4 Å². The van der Waals surface area contributed by atoms with Crippen molar-refractivity contribution < 1.29 is 8.83 Å². The molecule has 0 N–H and O–H groups in total. The minimum atomic E-state index is 0.586. The van der Waals surface area contributed by atoms with Crippen molar-refractivity contribution in [2.75, 3.05) is 0 Å². The Morgan fingerprint density at radius 2 is 1.16 bits per heavy atom. The first kappa shape index (κ1) is 31.0. The molecule has 0 aliphatic heterocycles. The molecule has 11 aromatic rings. The second-order valence-electron chi connectivity index (χ2n) is 14.6. The van der Waals surface area contributed by atoms with Gasteiger partial charge in [0, 0.05) is 43.8 Å². The van der Waals surface area contributed by atoms with E-state index in [1.807, 2.05) is 30.3 Å². The van der Waals surface area contributed by atoms with Crippen LogP contribution in [0.25, 0.3) is 117 Å². The molecule has 12 rings (SSSR count). The average Bonchev–Trinajstić information content (AvgIpc) is 3.85. The standard InChI is InChI=1S/C51H31N3O2/c1-2-14-31(15-3-1)49-52-50(41-27-32-16-5-6-17-34(32)37-19-8-9-20-38(37)41)54-51(53-49)42-28-33(29-45-47(42)39-21-10-11-24-43(39)55-45)36-22-12-23-40-46-35-18-7-4-13-30(35)25-26-44(46)56-48(36)40/h1-8,10-19,21-29H,9,20H2. The van der Waals surface area contributed by atoms with E-state index in [-0.39, 0.29) is 0 Å². The van der Waals surface area contributed by atoms with Crippen LogP contribution < -0.4 is 0 Å². The van der Waals surface area contributed by atoms with Crippen molar-refractivity contribution in [1.29, 1.82) is 0 Å². The Hall–Kier alpha value is -7.37. The molecule has 0 spiro atoms. The third kappa shape index (κ3) is 4.71. The van der Waals surface area contributed by atoms with E-state index in [0.29, 0.717) is 17.5 Å². The van der Waals surface area contributed by atoms with E-state index >= 15 is 0 Å². The summed E-state index contributed by atoms with van der Waals surface area (Å²) in [5.41, 5.74) is 10.5. The number of furan rings is 2. The molecule has 262 valence electrons. The number of fused-ring (bicyclic) bond motifs is 11. The highest BCUT2D eigenvalue weighted by Gasteiger charge is 2.24. The SMILES string of the molecule is C1=Cc2c(c(-c3nc(-c4ccccc4)nc(-c4cc(-c5cccc6c5oc5ccc7ccccc7c56)cc5oc6ccccc6c45)n3)cc3ccccc23)CC1. The minimum Gasteiger partial charge on any atom is -0.456 e. The van der Waals surface area contributed by atoms with Crippen LogP contribution in [0, 0.1) is 0 Å². The van der Waals surface area contributed by atoms with Crippen molar-refractivity contribution in [3.8, 4) is 45.3 Å². The van der Waals surface area contributed by atoms with Crippen molar-refractivity contribution in [1.82, 2.24) is 15.0 Å². The summed E-state index contributed by atoms with van der Waals surface area (Å²) in [6.45, 7) is 0. The zero-order chi connectivity index (χ0) is 36.7. The second-order valence-corrected chi connectivity index (χ2v) is 14.6. The highest BCUT2D eigenvalue weighted by molar-refractivity contribution is 6.21. The molecular formula is C51H31N3O2. The van der Waals surface area contributed by atoms with Crippen LogP contribution in [0.4, 0.5) is 0 Å². The second kappa shape index (κ2) is 12.1. The van der Waals surface area contributed by atoms with Crippen LogP contribution in [-0.4, -0.2) is 15.0 Å². The van der Waals surface area contributed by atoms with Crippen molar-refractivity contribution in [2.24, 2.45) is 0 Å². The monoisotopic (exact) mass is 717 g/mol. The van der Waals surface area contributed by atoms with Crippen molar-refractivity contribution in [3.63, 3.8) is 0 Å². The molecule has 0 radical (unpaired) electrons. The number of hydrogen-bond acceptors (Lipinski definition) is 5. The molecular weight excluding hydrogens is 687 g/mol. The Balaban J connectivity index is 1.16. The Bertz CT molecular complexity index is 3430. The van der Waals surface area contributed by atoms with Gasteiger partial charge in [0.1, 0.15) is 22.3 Å². The van der Waals surface area contributed by atoms with E-state index in [9.17, 15) is 0 Å². The summed E-state index contributed by atoms with van der Waals surface area (Å²) in [7, 11) is 0. The van der Waals surface area contributed by atoms with Gasteiger partial charge in [0.25, 0.3) is 0 Å². The number of para-hydroxylation sites is 2. The van der Waals surface area contributed by atoms with Gasteiger partial charge in [0.2, 0.25) is 0 Å². The molecule has 3 aromatic heterocycles. The number of allylic oxidation sites excluding steroid dienone is 1. The van der Waals surface area contributed by atoms with Crippen LogP contribution in [0.15, 0.2) is 167 Å². The van der Waals surface area contributed by atoms with Gasteiger partial charge in [0.05, 0.1) is 0 Å². The summed E-state index contributed by atoms with van der Waals surface area (Å²) in [5.74, 6) is 1.86. The lowest BCUT2D eigenvalue weighted by atomic mass is 9.88. The fraction of sp³-hybridized carbons (Fsp3) is 0.0392. The van der Waals surface area contributed by atoms with Crippen LogP contribution in [-0.2, 0) is 6.42 Å². The summed E-state index contributed by atoms with van der Waals surface area (Å²) in [6.07, 6.45) is 6.41. The summed E-state index contributed by atoms with van der Waals surface area (Å²) < 4.78 is 13.4. The molecule has 0 bridgehead atoms. The summed E-state index contributed by atoms with van der Waals surface area (Å²) in [6, 6.07) is 52.7. The average molecular weight is 718 g/mol. The molecule has 3 heterocycles. The topological polar surface area (TPSA) is 65.0 Å². The van der Waals surface area contributed by atoms with Gasteiger partial charge >= 0.3 is 0 Å². The first-order chi connectivity index (χ1) is 27.7. The Kier molecular flexibility index (Phi) is 6.69. The molecule has 56 heavy (non-hydrogen) atoms. The third-order valence-electron chi connectivity index (χ3n) is 11.4. The van der Waals surface area contributed by atoms with Crippen LogP contribution in [0.3, 0.4) is 0 Å². The van der Waals surface area contributed by atoms with Gasteiger partial charge < -0.3 is 8.83 Å². The largest absolute Gasteiger partial charge is 0.456 e. The molecule has 5 nitrogen and oxygen atoms in total. The summed E-state index contributed by atoms with van der Waals surface area (Å²) >= 11 is 0. The fourth-order valence-corrected chi connectivity index (χ4v) is 8.82. The van der Waals surface area contributed by atoms with Crippen LogP contribution >= 0.6 is 0 Å². The van der Waals surface area contributed by atoms with E-state index in [4.69, 9.17) is 23.8 Å². The number of hydrogen-bond donors (Lipinski definition) is 0. The first-order valence-corrected chi connectivity index (χ1v) is 19.1. The highest BCUT2D eigenvalue weighted by Crippen LogP contribution is 2.44. The quantitative estimate of drug-likeness (QED) is 0.181. The smallest absolute Gasteiger partial charge is 0.164 e. The Labute approximate surface area is 321 Å². The van der Waals surface area contributed by atoms with Gasteiger partial charge in [0.15, 0.2) is 17.5 Å². The maximum atomic E-state index is 6.73. The van der Waals surface area contributed by atoms with Crippen LogP contribution in [0.1, 0.15) is 17.5 Å². The Morgan fingerprint density at radius 3 is 2.05 bits per heavy atom.